The average molecular weight is 637 g/mol. The molecule has 3 heterocycles. The van der Waals surface area contributed by atoms with Crippen LogP contribution in [-0.4, -0.2) is 58.2 Å². The van der Waals surface area contributed by atoms with E-state index in [4.69, 9.17) is 20.5 Å². The van der Waals surface area contributed by atoms with Crippen LogP contribution in [0.4, 0.5) is 25.4 Å². The lowest BCUT2D eigenvalue weighted by atomic mass is 9.78. The fourth-order valence-corrected chi connectivity index (χ4v) is 6.33. The highest BCUT2D eigenvalue weighted by molar-refractivity contribution is 9.10. The number of carbonyl (C=O) groups excluding carboxylic acids is 2. The Morgan fingerprint density at radius 3 is 2.50 bits per heavy atom. The van der Waals surface area contributed by atoms with Gasteiger partial charge in [0.25, 0.3) is 0 Å². The lowest BCUT2D eigenvalue weighted by Gasteiger charge is -2.44. The number of aryl methyl sites for hydroxylation is 1. The van der Waals surface area contributed by atoms with Gasteiger partial charge in [-0.05, 0) is 88.2 Å². The molecular weight excluding hydrogens is 601 g/mol. The predicted octanol–water partition coefficient (Wildman–Crippen LogP) is 6.65. The van der Waals surface area contributed by atoms with Gasteiger partial charge in [0.15, 0.2) is 5.82 Å². The summed E-state index contributed by atoms with van der Waals surface area (Å²) in [6, 6.07) is 3.03. The summed E-state index contributed by atoms with van der Waals surface area (Å²) in [5.41, 5.74) is 6.30. The average Bonchev–Trinajstić information content (AvgIpc) is 3.43. The fourth-order valence-electron chi connectivity index (χ4n) is 5.33. The Bertz CT molecular complexity index is 1400. The van der Waals surface area contributed by atoms with Crippen molar-refractivity contribution in [3.63, 3.8) is 0 Å². The number of hydrogen-bond donors (Lipinski definition) is 1. The van der Waals surface area contributed by atoms with Gasteiger partial charge in [-0.25, -0.2) is 19.0 Å². The van der Waals surface area contributed by atoms with Crippen molar-refractivity contribution in [3.8, 4) is 6.07 Å². The number of nitrogens with zero attached hydrogens (tertiary/aromatic N) is 4. The van der Waals surface area contributed by atoms with Crippen LogP contribution in [0.3, 0.4) is 0 Å². The SMILES string of the molecule is CSc1nc2c(F)c(Br)c(CCC#N)cc2c(N(C(=O)OC(C)(C)C)C2C3CC2N(C(=O)OC(C)(C)C)C3)c1N. The van der Waals surface area contributed by atoms with Gasteiger partial charge in [0.2, 0.25) is 0 Å². The Kier molecular flexibility index (Phi) is 8.22. The van der Waals surface area contributed by atoms with Crippen molar-refractivity contribution in [2.75, 3.05) is 23.4 Å². The van der Waals surface area contributed by atoms with Crippen molar-refractivity contribution < 1.29 is 23.5 Å². The van der Waals surface area contributed by atoms with E-state index in [1.165, 1.54) is 16.7 Å². The maximum atomic E-state index is 15.8. The maximum absolute atomic E-state index is 15.8. The molecular formula is C28H35BrFN5O4S. The number of nitrogen functional groups attached to an aromatic ring is 1. The van der Waals surface area contributed by atoms with Crippen molar-refractivity contribution in [1.82, 2.24) is 9.88 Å². The van der Waals surface area contributed by atoms with Crippen LogP contribution in [0.5, 0.6) is 0 Å². The highest BCUT2D eigenvalue weighted by Gasteiger charge is 2.59. The number of thioether (sulfide) groups is 1. The molecule has 40 heavy (non-hydrogen) atoms. The van der Waals surface area contributed by atoms with Gasteiger partial charge in [-0.3, -0.25) is 4.90 Å². The second kappa shape index (κ2) is 10.9. The van der Waals surface area contributed by atoms with Crippen molar-refractivity contribution in [3.05, 3.63) is 21.9 Å². The molecule has 3 atom stereocenters. The van der Waals surface area contributed by atoms with Crippen LogP contribution < -0.4 is 10.6 Å². The molecule has 3 aliphatic rings. The van der Waals surface area contributed by atoms with E-state index in [1.807, 2.05) is 0 Å². The molecule has 2 aliphatic heterocycles. The number of benzene rings is 1. The monoisotopic (exact) mass is 635 g/mol. The Morgan fingerprint density at radius 1 is 1.27 bits per heavy atom. The first-order valence-corrected chi connectivity index (χ1v) is 15.1. The first kappa shape index (κ1) is 30.2. The second-order valence-corrected chi connectivity index (χ2v) is 13.7. The zero-order valence-corrected chi connectivity index (χ0v) is 26.2. The summed E-state index contributed by atoms with van der Waals surface area (Å²) in [6.45, 7) is 11.1. The second-order valence-electron chi connectivity index (χ2n) is 12.1. The van der Waals surface area contributed by atoms with E-state index in [1.54, 1.807) is 58.8 Å². The number of nitriles is 1. The summed E-state index contributed by atoms with van der Waals surface area (Å²) in [5, 5.41) is 9.85. The van der Waals surface area contributed by atoms with Crippen molar-refractivity contribution in [2.24, 2.45) is 5.92 Å². The number of hydrogen-bond acceptors (Lipinski definition) is 8. The number of fused-ring (bicyclic) bond motifs is 2. The van der Waals surface area contributed by atoms with Crippen LogP contribution in [0.1, 0.15) is 59.9 Å². The standard InChI is InChI=1S/C28H35BrFN5O4S/c1-27(2,3)38-25(36)34-13-15-12-17(34)22(15)35(26(37)39-28(4,5)6)23-16-11-14(9-8-10-31)18(29)19(30)21(16)33-24(40-7)20(23)32/h11,15,17,22H,8-9,12-13,32H2,1-7H3. The molecule has 1 aromatic heterocycles. The third kappa shape index (κ3) is 5.68. The first-order chi connectivity index (χ1) is 18.6. The van der Waals surface area contributed by atoms with E-state index >= 15 is 4.39 Å². The molecule has 5 rings (SSSR count). The maximum Gasteiger partial charge on any atom is 0.415 e. The molecule has 2 saturated heterocycles. The number of halogens is 2. The molecule has 3 unspecified atom stereocenters. The molecule has 0 spiro atoms. The summed E-state index contributed by atoms with van der Waals surface area (Å²) in [6.07, 6.45) is 1.84. The van der Waals surface area contributed by atoms with E-state index in [-0.39, 0.29) is 34.1 Å². The summed E-state index contributed by atoms with van der Waals surface area (Å²) in [5.74, 6) is -0.651. The van der Waals surface area contributed by atoms with E-state index in [0.717, 1.165) is 0 Å². The zero-order valence-electron chi connectivity index (χ0n) is 23.8. The molecule has 2 amide bonds. The van der Waals surface area contributed by atoms with Crippen LogP contribution in [0, 0.1) is 23.1 Å². The summed E-state index contributed by atoms with van der Waals surface area (Å²) < 4.78 is 27.5. The van der Waals surface area contributed by atoms with E-state index in [9.17, 15) is 9.59 Å². The van der Waals surface area contributed by atoms with Gasteiger partial charge >= 0.3 is 12.2 Å². The van der Waals surface area contributed by atoms with E-state index in [0.29, 0.717) is 41.0 Å². The predicted molar refractivity (Wildman–Crippen MR) is 157 cm³/mol. The molecule has 2 aromatic rings. The summed E-state index contributed by atoms with van der Waals surface area (Å²) in [7, 11) is 0. The number of ether oxygens (including phenoxy) is 2. The quantitative estimate of drug-likeness (QED) is 0.363. The Labute approximate surface area is 246 Å². The number of rotatable bonds is 5. The third-order valence-electron chi connectivity index (χ3n) is 6.92. The smallest absolute Gasteiger partial charge is 0.415 e. The normalized spacial score (nSPS) is 20.2. The number of nitrogens with two attached hydrogens (primary N) is 1. The van der Waals surface area contributed by atoms with E-state index < -0.39 is 35.2 Å². The Balaban J connectivity index is 1.92. The molecule has 3 fully saturated rings. The molecule has 1 saturated carbocycles. The fraction of sp³-hybridized carbons (Fsp3) is 0.571. The van der Waals surface area contributed by atoms with Crippen LogP contribution in [0.2, 0.25) is 0 Å². The first-order valence-electron chi connectivity index (χ1n) is 13.1. The largest absolute Gasteiger partial charge is 0.444 e. The highest BCUT2D eigenvalue weighted by Crippen LogP contribution is 2.50. The lowest BCUT2D eigenvalue weighted by Crippen LogP contribution is -2.59. The molecule has 1 aliphatic carbocycles. The number of amides is 2. The molecule has 2 bridgehead atoms. The van der Waals surface area contributed by atoms with Crippen molar-refractivity contribution in [2.45, 2.75) is 89.1 Å². The molecule has 12 heteroatoms. The molecule has 9 nitrogen and oxygen atoms in total. The minimum Gasteiger partial charge on any atom is -0.444 e. The molecule has 216 valence electrons. The number of aromatic nitrogens is 1. The van der Waals surface area contributed by atoms with Gasteiger partial charge in [0.1, 0.15) is 21.7 Å². The zero-order chi connectivity index (χ0) is 29.7. The number of carbonyl (C=O) groups is 2. The van der Waals surface area contributed by atoms with E-state index in [2.05, 4.69) is 27.0 Å². The van der Waals surface area contributed by atoms with Gasteiger partial charge in [0, 0.05) is 24.3 Å². The topological polar surface area (TPSA) is 122 Å². The van der Waals surface area contributed by atoms with Gasteiger partial charge in [0.05, 0.1) is 34.0 Å². The Hall–Kier alpha value is -2.78. The van der Waals surface area contributed by atoms with Crippen LogP contribution in [-0.2, 0) is 15.9 Å². The van der Waals surface area contributed by atoms with Gasteiger partial charge in [-0.15, -0.1) is 11.8 Å². The Morgan fingerprint density at radius 2 is 1.93 bits per heavy atom. The van der Waals surface area contributed by atoms with Gasteiger partial charge in [-0.2, -0.15) is 5.26 Å². The number of pyridine rings is 1. The van der Waals surface area contributed by atoms with Crippen molar-refractivity contribution >= 4 is 62.2 Å². The van der Waals surface area contributed by atoms with Gasteiger partial charge < -0.3 is 20.1 Å². The highest BCUT2D eigenvalue weighted by atomic mass is 79.9. The molecule has 2 N–H and O–H groups in total. The van der Waals surface area contributed by atoms with Crippen molar-refractivity contribution in [1.29, 1.82) is 5.26 Å². The molecule has 1 aromatic carbocycles. The van der Waals surface area contributed by atoms with Gasteiger partial charge in [-0.1, -0.05) is 0 Å². The van der Waals surface area contributed by atoms with Crippen LogP contribution >= 0.6 is 27.7 Å². The number of anilines is 2. The minimum atomic E-state index is -0.824. The molecule has 0 radical (unpaired) electrons. The minimum absolute atomic E-state index is 0.0466. The summed E-state index contributed by atoms with van der Waals surface area (Å²) >= 11 is 4.57. The van der Waals surface area contributed by atoms with Crippen LogP contribution in [0.25, 0.3) is 10.9 Å². The van der Waals surface area contributed by atoms with Crippen LogP contribution in [0.15, 0.2) is 15.6 Å². The lowest BCUT2D eigenvalue weighted by molar-refractivity contribution is 0.0217. The summed E-state index contributed by atoms with van der Waals surface area (Å²) in [4.78, 5) is 34.7. The third-order valence-corrected chi connectivity index (χ3v) is 8.48.